The first-order valence-electron chi connectivity index (χ1n) is 8.20. The van der Waals surface area contributed by atoms with Crippen LogP contribution in [0.3, 0.4) is 0 Å². The zero-order chi connectivity index (χ0) is 17.2. The van der Waals surface area contributed by atoms with Crippen LogP contribution in [0.25, 0.3) is 10.8 Å². The molecule has 0 heterocycles. The van der Waals surface area contributed by atoms with Gasteiger partial charge >= 0.3 is 0 Å². The van der Waals surface area contributed by atoms with Crippen LogP contribution in [0.15, 0.2) is 42.5 Å². The second-order valence-corrected chi connectivity index (χ2v) is 8.22. The maximum absolute atomic E-state index is 12.3. The molecular weight excluding hydrogens is 324 g/mol. The van der Waals surface area contributed by atoms with Gasteiger partial charge in [-0.25, -0.2) is 8.42 Å². The Kier molecular flexibility index (Phi) is 4.76. The number of carbonyl (C=O) groups is 1. The number of sulfonamides is 1. The van der Waals surface area contributed by atoms with Gasteiger partial charge in [0.1, 0.15) is 6.54 Å². The molecular formula is C18H22N2O3S. The average molecular weight is 346 g/mol. The van der Waals surface area contributed by atoms with Gasteiger partial charge in [0.05, 0.1) is 11.9 Å². The van der Waals surface area contributed by atoms with E-state index in [-0.39, 0.29) is 18.5 Å². The largest absolute Gasteiger partial charge is 0.352 e. The van der Waals surface area contributed by atoms with Gasteiger partial charge in [0, 0.05) is 11.4 Å². The topological polar surface area (TPSA) is 66.5 Å². The number of hydrogen-bond acceptors (Lipinski definition) is 3. The molecule has 24 heavy (non-hydrogen) atoms. The van der Waals surface area contributed by atoms with Gasteiger partial charge in [-0.3, -0.25) is 9.10 Å². The third kappa shape index (κ3) is 3.70. The van der Waals surface area contributed by atoms with Crippen molar-refractivity contribution in [1.29, 1.82) is 0 Å². The Bertz CT molecular complexity index is 837. The number of rotatable bonds is 5. The Morgan fingerprint density at radius 2 is 1.79 bits per heavy atom. The van der Waals surface area contributed by atoms with Crippen molar-refractivity contribution in [3.8, 4) is 0 Å². The zero-order valence-electron chi connectivity index (χ0n) is 13.7. The fourth-order valence-electron chi connectivity index (χ4n) is 3.28. The summed E-state index contributed by atoms with van der Waals surface area (Å²) < 4.78 is 25.8. The van der Waals surface area contributed by atoms with Gasteiger partial charge in [-0.1, -0.05) is 49.2 Å². The lowest BCUT2D eigenvalue weighted by molar-refractivity contribution is -0.120. The maximum Gasteiger partial charge on any atom is 0.240 e. The molecule has 0 radical (unpaired) electrons. The van der Waals surface area contributed by atoms with Gasteiger partial charge in [0.25, 0.3) is 0 Å². The number of hydrogen-bond donors (Lipinski definition) is 1. The van der Waals surface area contributed by atoms with Crippen molar-refractivity contribution in [2.24, 2.45) is 0 Å². The molecule has 1 N–H and O–H groups in total. The summed E-state index contributed by atoms with van der Waals surface area (Å²) >= 11 is 0. The molecule has 0 unspecified atom stereocenters. The third-order valence-electron chi connectivity index (χ3n) is 4.44. The smallest absolute Gasteiger partial charge is 0.240 e. The Labute approximate surface area is 142 Å². The highest BCUT2D eigenvalue weighted by molar-refractivity contribution is 7.92. The van der Waals surface area contributed by atoms with Crippen LogP contribution in [-0.4, -0.2) is 33.2 Å². The van der Waals surface area contributed by atoms with Crippen molar-refractivity contribution in [2.45, 2.75) is 31.7 Å². The molecule has 1 saturated carbocycles. The summed E-state index contributed by atoms with van der Waals surface area (Å²) in [5.41, 5.74) is 0.539. The van der Waals surface area contributed by atoms with Gasteiger partial charge < -0.3 is 5.32 Å². The van der Waals surface area contributed by atoms with E-state index in [0.717, 1.165) is 42.7 Å². The highest BCUT2D eigenvalue weighted by Gasteiger charge is 2.24. The van der Waals surface area contributed by atoms with Gasteiger partial charge in [-0.05, 0) is 24.3 Å². The molecule has 0 bridgehead atoms. The van der Waals surface area contributed by atoms with Crippen LogP contribution in [0.4, 0.5) is 5.69 Å². The van der Waals surface area contributed by atoms with E-state index >= 15 is 0 Å². The molecule has 5 nitrogen and oxygen atoms in total. The van der Waals surface area contributed by atoms with Gasteiger partial charge in [0.2, 0.25) is 15.9 Å². The predicted octanol–water partition coefficient (Wildman–Crippen LogP) is 2.66. The lowest BCUT2D eigenvalue weighted by Gasteiger charge is -2.24. The number of benzene rings is 2. The van der Waals surface area contributed by atoms with E-state index in [1.807, 2.05) is 36.4 Å². The Morgan fingerprint density at radius 1 is 1.12 bits per heavy atom. The second kappa shape index (κ2) is 6.81. The van der Waals surface area contributed by atoms with Crippen LogP contribution in [0.2, 0.25) is 0 Å². The first kappa shape index (κ1) is 16.8. The summed E-state index contributed by atoms with van der Waals surface area (Å²) in [6.07, 6.45) is 5.31. The number of nitrogens with one attached hydrogen (secondary N) is 1. The summed E-state index contributed by atoms with van der Waals surface area (Å²) in [4.78, 5) is 12.3. The molecule has 1 amide bonds. The minimum atomic E-state index is -3.57. The van der Waals surface area contributed by atoms with Crippen LogP contribution in [0, 0.1) is 0 Å². The molecule has 1 aliphatic carbocycles. The Morgan fingerprint density at radius 3 is 2.50 bits per heavy atom. The number of anilines is 1. The van der Waals surface area contributed by atoms with Crippen molar-refractivity contribution < 1.29 is 13.2 Å². The van der Waals surface area contributed by atoms with Crippen LogP contribution >= 0.6 is 0 Å². The van der Waals surface area contributed by atoms with E-state index < -0.39 is 10.0 Å². The normalized spacial score (nSPS) is 15.5. The molecule has 1 aliphatic rings. The monoisotopic (exact) mass is 346 g/mol. The SMILES string of the molecule is CS(=O)(=O)N(CC(=O)NC1CCCC1)c1cccc2ccccc12. The predicted molar refractivity (Wildman–Crippen MR) is 96.5 cm³/mol. The molecule has 2 aromatic rings. The molecule has 2 aromatic carbocycles. The molecule has 0 saturated heterocycles. The van der Waals surface area contributed by atoms with E-state index in [1.54, 1.807) is 6.07 Å². The highest BCUT2D eigenvalue weighted by Crippen LogP contribution is 2.28. The van der Waals surface area contributed by atoms with Crippen LogP contribution in [0.5, 0.6) is 0 Å². The number of nitrogens with zero attached hydrogens (tertiary/aromatic N) is 1. The van der Waals surface area contributed by atoms with E-state index in [2.05, 4.69) is 5.32 Å². The van der Waals surface area contributed by atoms with E-state index in [1.165, 1.54) is 4.31 Å². The number of amides is 1. The fourth-order valence-corrected chi connectivity index (χ4v) is 4.15. The van der Waals surface area contributed by atoms with Crippen LogP contribution < -0.4 is 9.62 Å². The van der Waals surface area contributed by atoms with Crippen molar-refractivity contribution in [2.75, 3.05) is 17.1 Å². The first-order valence-corrected chi connectivity index (χ1v) is 10.0. The molecule has 0 atom stereocenters. The molecule has 128 valence electrons. The number of carbonyl (C=O) groups excluding carboxylic acids is 1. The first-order chi connectivity index (χ1) is 11.4. The standard InChI is InChI=1S/C18H22N2O3S/c1-24(22,23)20(13-18(21)19-15-9-3-4-10-15)17-12-6-8-14-7-2-5-11-16(14)17/h2,5-8,11-12,15H,3-4,9-10,13H2,1H3,(H,19,21). The van der Waals surface area contributed by atoms with Crippen molar-refractivity contribution >= 4 is 32.4 Å². The number of fused-ring (bicyclic) bond motifs is 1. The lowest BCUT2D eigenvalue weighted by Crippen LogP contribution is -2.43. The van der Waals surface area contributed by atoms with E-state index in [4.69, 9.17) is 0 Å². The van der Waals surface area contributed by atoms with Crippen molar-refractivity contribution in [3.63, 3.8) is 0 Å². The fraction of sp³-hybridized carbons (Fsp3) is 0.389. The molecule has 3 rings (SSSR count). The van der Waals surface area contributed by atoms with E-state index in [0.29, 0.717) is 5.69 Å². The zero-order valence-corrected chi connectivity index (χ0v) is 14.6. The molecule has 6 heteroatoms. The van der Waals surface area contributed by atoms with Crippen LogP contribution in [-0.2, 0) is 14.8 Å². The average Bonchev–Trinajstić information content (AvgIpc) is 3.04. The maximum atomic E-state index is 12.3. The summed E-state index contributed by atoms with van der Waals surface area (Å²) in [6.45, 7) is -0.191. The summed E-state index contributed by atoms with van der Waals surface area (Å²) in [7, 11) is -3.57. The quantitative estimate of drug-likeness (QED) is 0.905. The third-order valence-corrected chi connectivity index (χ3v) is 5.57. The Hall–Kier alpha value is -2.08. The van der Waals surface area contributed by atoms with Gasteiger partial charge in [-0.2, -0.15) is 0 Å². The van der Waals surface area contributed by atoms with Crippen molar-refractivity contribution in [3.05, 3.63) is 42.5 Å². The Balaban J connectivity index is 1.90. The minimum Gasteiger partial charge on any atom is -0.352 e. The van der Waals surface area contributed by atoms with Gasteiger partial charge in [-0.15, -0.1) is 0 Å². The minimum absolute atomic E-state index is 0.173. The van der Waals surface area contributed by atoms with E-state index in [9.17, 15) is 13.2 Å². The molecule has 1 fully saturated rings. The lowest BCUT2D eigenvalue weighted by atomic mass is 10.1. The van der Waals surface area contributed by atoms with Crippen molar-refractivity contribution in [1.82, 2.24) is 5.32 Å². The van der Waals surface area contributed by atoms with Gasteiger partial charge in [0.15, 0.2) is 0 Å². The molecule has 0 aliphatic heterocycles. The summed E-state index contributed by atoms with van der Waals surface area (Å²) in [6, 6.07) is 13.2. The summed E-state index contributed by atoms with van der Waals surface area (Å²) in [5.74, 6) is -0.250. The summed E-state index contributed by atoms with van der Waals surface area (Å²) in [5, 5.41) is 4.72. The molecule has 0 spiro atoms. The second-order valence-electron chi connectivity index (χ2n) is 6.32. The highest BCUT2D eigenvalue weighted by atomic mass is 32.2. The van der Waals surface area contributed by atoms with Crippen LogP contribution in [0.1, 0.15) is 25.7 Å². The molecule has 0 aromatic heterocycles.